The molecular formula is C24H23N5O2S. The molecule has 0 aliphatic rings. The molecule has 2 aromatic carbocycles. The lowest BCUT2D eigenvalue weighted by atomic mass is 10.2. The van der Waals surface area contributed by atoms with Gasteiger partial charge in [-0.1, -0.05) is 49.4 Å². The summed E-state index contributed by atoms with van der Waals surface area (Å²) in [6.45, 7) is 2.41. The van der Waals surface area contributed by atoms with Gasteiger partial charge in [0, 0.05) is 24.5 Å². The van der Waals surface area contributed by atoms with E-state index in [2.05, 4.69) is 25.0 Å². The molecule has 2 N–H and O–H groups in total. The van der Waals surface area contributed by atoms with E-state index in [4.69, 9.17) is 0 Å². The van der Waals surface area contributed by atoms with Crippen LogP contribution in [0.1, 0.15) is 18.2 Å². The summed E-state index contributed by atoms with van der Waals surface area (Å²) in [6.07, 6.45) is 2.46. The third kappa shape index (κ3) is 5.09. The SMILES string of the molecule is CCc1cc(NCc2ccccc2NS(=O)(=O)c2ccccc2)nc(-c2ccccn2)n1. The summed E-state index contributed by atoms with van der Waals surface area (Å²) in [5.41, 5.74) is 2.89. The van der Waals surface area contributed by atoms with Gasteiger partial charge in [-0.2, -0.15) is 0 Å². The van der Waals surface area contributed by atoms with Crippen LogP contribution in [-0.4, -0.2) is 23.4 Å². The third-order valence-electron chi connectivity index (χ3n) is 4.81. The number of hydrogen-bond donors (Lipinski definition) is 2. The smallest absolute Gasteiger partial charge is 0.261 e. The number of benzene rings is 2. The molecule has 2 heterocycles. The molecule has 0 atom stereocenters. The maximum atomic E-state index is 12.8. The van der Waals surface area contributed by atoms with Crippen LogP contribution in [0.5, 0.6) is 0 Å². The Hall–Kier alpha value is -3.78. The molecule has 4 aromatic rings. The van der Waals surface area contributed by atoms with Crippen molar-refractivity contribution in [2.75, 3.05) is 10.0 Å². The lowest BCUT2D eigenvalue weighted by Gasteiger charge is -2.14. The summed E-state index contributed by atoms with van der Waals surface area (Å²) in [4.78, 5) is 13.7. The molecule has 0 unspecified atom stereocenters. The van der Waals surface area contributed by atoms with E-state index in [0.29, 0.717) is 29.6 Å². The van der Waals surface area contributed by atoms with E-state index in [1.807, 2.05) is 43.3 Å². The Morgan fingerprint density at radius 3 is 2.38 bits per heavy atom. The number of pyridine rings is 1. The van der Waals surface area contributed by atoms with Crippen molar-refractivity contribution >= 4 is 21.5 Å². The molecule has 0 aliphatic carbocycles. The molecule has 0 fully saturated rings. The van der Waals surface area contributed by atoms with E-state index in [-0.39, 0.29) is 4.90 Å². The average molecular weight is 446 g/mol. The van der Waals surface area contributed by atoms with Crippen LogP contribution in [-0.2, 0) is 23.0 Å². The summed E-state index contributed by atoms with van der Waals surface area (Å²) >= 11 is 0. The lowest BCUT2D eigenvalue weighted by molar-refractivity contribution is 0.601. The second-order valence-electron chi connectivity index (χ2n) is 7.07. The zero-order valence-electron chi connectivity index (χ0n) is 17.6. The predicted octanol–water partition coefficient (Wildman–Crippen LogP) is 4.51. The van der Waals surface area contributed by atoms with E-state index in [1.54, 1.807) is 48.7 Å². The monoisotopic (exact) mass is 445 g/mol. The van der Waals surface area contributed by atoms with Gasteiger partial charge in [0.1, 0.15) is 11.5 Å². The van der Waals surface area contributed by atoms with Gasteiger partial charge in [0.25, 0.3) is 10.0 Å². The first kappa shape index (κ1) is 21.5. The molecule has 8 heteroatoms. The molecular weight excluding hydrogens is 422 g/mol. The van der Waals surface area contributed by atoms with Gasteiger partial charge in [0.05, 0.1) is 10.6 Å². The highest BCUT2D eigenvalue weighted by atomic mass is 32.2. The van der Waals surface area contributed by atoms with E-state index in [9.17, 15) is 8.42 Å². The third-order valence-corrected chi connectivity index (χ3v) is 6.19. The molecule has 0 spiro atoms. The fraction of sp³-hybridized carbons (Fsp3) is 0.125. The molecule has 0 radical (unpaired) electrons. The zero-order valence-corrected chi connectivity index (χ0v) is 18.4. The minimum Gasteiger partial charge on any atom is -0.366 e. The normalized spacial score (nSPS) is 11.2. The standard InChI is InChI=1S/C24H23N5O2S/c1-2-19-16-23(28-24(27-19)22-14-8-9-15-25-22)26-17-18-10-6-7-13-21(18)29-32(30,31)20-11-4-3-5-12-20/h3-16,29H,2,17H2,1H3,(H,26,27,28). The average Bonchev–Trinajstić information content (AvgIpc) is 2.84. The Morgan fingerprint density at radius 2 is 1.62 bits per heavy atom. The van der Waals surface area contributed by atoms with E-state index in [1.165, 1.54) is 0 Å². The van der Waals surface area contributed by atoms with Crippen LogP contribution in [0, 0.1) is 0 Å². The number of anilines is 2. The highest BCUT2D eigenvalue weighted by Gasteiger charge is 2.15. The van der Waals surface area contributed by atoms with E-state index < -0.39 is 10.0 Å². The molecule has 0 bridgehead atoms. The van der Waals surface area contributed by atoms with Gasteiger partial charge in [0.15, 0.2) is 5.82 Å². The van der Waals surface area contributed by atoms with Crippen LogP contribution in [0.4, 0.5) is 11.5 Å². The van der Waals surface area contributed by atoms with Crippen molar-refractivity contribution in [2.45, 2.75) is 24.8 Å². The van der Waals surface area contributed by atoms with Crippen molar-refractivity contribution < 1.29 is 8.42 Å². The molecule has 0 saturated carbocycles. The maximum absolute atomic E-state index is 12.8. The molecule has 0 amide bonds. The first-order valence-corrected chi connectivity index (χ1v) is 11.7. The Morgan fingerprint density at radius 1 is 0.875 bits per heavy atom. The first-order valence-electron chi connectivity index (χ1n) is 10.2. The molecule has 0 aliphatic heterocycles. The first-order chi connectivity index (χ1) is 15.5. The van der Waals surface area contributed by atoms with Gasteiger partial charge in [-0.05, 0) is 42.3 Å². The van der Waals surface area contributed by atoms with Crippen LogP contribution < -0.4 is 10.0 Å². The van der Waals surface area contributed by atoms with Gasteiger partial charge in [-0.15, -0.1) is 0 Å². The Kier molecular flexibility index (Phi) is 6.42. The van der Waals surface area contributed by atoms with Crippen molar-refractivity contribution in [1.29, 1.82) is 0 Å². The van der Waals surface area contributed by atoms with Gasteiger partial charge in [0.2, 0.25) is 0 Å². The summed E-state index contributed by atoms with van der Waals surface area (Å²) in [7, 11) is -3.68. The number of para-hydroxylation sites is 1. The fourth-order valence-corrected chi connectivity index (χ4v) is 4.26. The molecule has 32 heavy (non-hydrogen) atoms. The van der Waals surface area contributed by atoms with Crippen LogP contribution in [0.25, 0.3) is 11.5 Å². The molecule has 162 valence electrons. The predicted molar refractivity (Wildman–Crippen MR) is 126 cm³/mol. The number of nitrogens with zero attached hydrogens (tertiary/aromatic N) is 3. The highest BCUT2D eigenvalue weighted by Crippen LogP contribution is 2.22. The van der Waals surface area contributed by atoms with Gasteiger partial charge >= 0.3 is 0 Å². The van der Waals surface area contributed by atoms with Crippen LogP contribution >= 0.6 is 0 Å². The van der Waals surface area contributed by atoms with Crippen molar-refractivity contribution in [3.63, 3.8) is 0 Å². The fourth-order valence-electron chi connectivity index (χ4n) is 3.14. The maximum Gasteiger partial charge on any atom is 0.261 e. The van der Waals surface area contributed by atoms with E-state index >= 15 is 0 Å². The van der Waals surface area contributed by atoms with Crippen LogP contribution in [0.3, 0.4) is 0 Å². The summed E-state index contributed by atoms with van der Waals surface area (Å²) < 4.78 is 28.2. The number of aryl methyl sites for hydroxylation is 1. The molecule has 0 saturated heterocycles. The minimum absolute atomic E-state index is 0.214. The topological polar surface area (TPSA) is 96.9 Å². The summed E-state index contributed by atoms with van der Waals surface area (Å²) in [5, 5.41) is 3.30. The van der Waals surface area contributed by atoms with E-state index in [0.717, 1.165) is 17.7 Å². The van der Waals surface area contributed by atoms with Crippen molar-refractivity contribution in [2.24, 2.45) is 0 Å². The zero-order chi connectivity index (χ0) is 22.4. The van der Waals surface area contributed by atoms with Crippen molar-refractivity contribution in [1.82, 2.24) is 15.0 Å². The number of sulfonamides is 1. The second-order valence-corrected chi connectivity index (χ2v) is 8.75. The lowest BCUT2D eigenvalue weighted by Crippen LogP contribution is -2.15. The van der Waals surface area contributed by atoms with Gasteiger partial charge in [-0.3, -0.25) is 9.71 Å². The van der Waals surface area contributed by atoms with Gasteiger partial charge < -0.3 is 5.32 Å². The Labute approximate surface area is 187 Å². The number of rotatable bonds is 8. The van der Waals surface area contributed by atoms with Crippen molar-refractivity contribution in [3.05, 3.63) is 96.3 Å². The van der Waals surface area contributed by atoms with Gasteiger partial charge in [-0.25, -0.2) is 18.4 Å². The summed E-state index contributed by atoms with van der Waals surface area (Å²) in [6, 6.07) is 23.1. The molecule has 4 rings (SSSR count). The minimum atomic E-state index is -3.68. The Bertz CT molecular complexity index is 1300. The molecule has 7 nitrogen and oxygen atoms in total. The quantitative estimate of drug-likeness (QED) is 0.414. The number of nitrogens with one attached hydrogen (secondary N) is 2. The largest absolute Gasteiger partial charge is 0.366 e. The second kappa shape index (κ2) is 9.57. The summed E-state index contributed by atoms with van der Waals surface area (Å²) in [5.74, 6) is 1.20. The Balaban J connectivity index is 1.56. The highest BCUT2D eigenvalue weighted by molar-refractivity contribution is 7.92. The van der Waals surface area contributed by atoms with Crippen molar-refractivity contribution in [3.8, 4) is 11.5 Å². The van der Waals surface area contributed by atoms with Crippen LogP contribution in [0.2, 0.25) is 0 Å². The number of aromatic nitrogens is 3. The number of hydrogen-bond acceptors (Lipinski definition) is 6. The molecule has 2 aromatic heterocycles. The van der Waals surface area contributed by atoms with Crippen LogP contribution in [0.15, 0.2) is 90.0 Å².